The molecular formula is C13H18ClN5O. The minimum absolute atomic E-state index is 0.415. The highest BCUT2D eigenvalue weighted by Crippen LogP contribution is 2.24. The van der Waals surface area contributed by atoms with Crippen molar-refractivity contribution in [3.63, 3.8) is 0 Å². The topological polar surface area (TPSA) is 55.6 Å². The van der Waals surface area contributed by atoms with Crippen LogP contribution in [0.1, 0.15) is 24.8 Å². The lowest BCUT2D eigenvalue weighted by Crippen LogP contribution is -2.33. The van der Waals surface area contributed by atoms with Gasteiger partial charge in [0, 0.05) is 12.1 Å². The van der Waals surface area contributed by atoms with Crippen LogP contribution in [0.2, 0.25) is 5.15 Å². The zero-order valence-corrected chi connectivity index (χ0v) is 12.3. The maximum absolute atomic E-state index is 6.09. The fourth-order valence-corrected chi connectivity index (χ4v) is 2.65. The molecule has 0 saturated carbocycles. The van der Waals surface area contributed by atoms with Crippen LogP contribution in [-0.4, -0.2) is 50.7 Å². The normalized spacial score (nSPS) is 16.7. The molecule has 0 radical (unpaired) electrons. The van der Waals surface area contributed by atoms with Crippen LogP contribution >= 0.6 is 11.6 Å². The van der Waals surface area contributed by atoms with Crippen LogP contribution < -0.4 is 4.74 Å². The van der Waals surface area contributed by atoms with Crippen molar-refractivity contribution in [2.45, 2.75) is 26.2 Å². The number of nitrogens with zero attached hydrogens (tertiary/aromatic N) is 5. The maximum atomic E-state index is 6.09. The molecule has 108 valence electrons. The molecule has 2 aromatic heterocycles. The Morgan fingerprint density at radius 2 is 2.10 bits per heavy atom. The number of fused-ring (bicyclic) bond motifs is 1. The monoisotopic (exact) mass is 295 g/mol. The Morgan fingerprint density at radius 1 is 1.30 bits per heavy atom. The molecular weight excluding hydrogens is 278 g/mol. The van der Waals surface area contributed by atoms with Gasteiger partial charge in [-0.1, -0.05) is 18.0 Å². The summed E-state index contributed by atoms with van der Waals surface area (Å²) in [5, 5.41) is 4.55. The molecule has 7 heteroatoms. The Bertz CT molecular complexity index is 594. The van der Waals surface area contributed by atoms with Gasteiger partial charge in [0.2, 0.25) is 5.88 Å². The van der Waals surface area contributed by atoms with Gasteiger partial charge in [-0.15, -0.1) is 0 Å². The third-order valence-electron chi connectivity index (χ3n) is 3.65. The van der Waals surface area contributed by atoms with Crippen molar-refractivity contribution in [3.05, 3.63) is 17.0 Å². The minimum atomic E-state index is 0.415. The van der Waals surface area contributed by atoms with E-state index in [1.54, 1.807) is 4.52 Å². The second kappa shape index (κ2) is 5.93. The first-order valence-corrected chi connectivity index (χ1v) is 7.34. The van der Waals surface area contributed by atoms with Gasteiger partial charge >= 0.3 is 0 Å². The summed E-state index contributed by atoms with van der Waals surface area (Å²) >= 11 is 6.09. The standard InChI is InChI=1S/C13H18ClN5O/c1-10-11(14)17-13-15-9-16-19(13)12(10)20-8-7-18-5-3-2-4-6-18/h9H,2-8H2,1H3. The van der Waals surface area contributed by atoms with E-state index in [0.717, 1.165) is 25.2 Å². The molecule has 20 heavy (non-hydrogen) atoms. The molecule has 1 saturated heterocycles. The molecule has 6 nitrogen and oxygen atoms in total. The molecule has 3 rings (SSSR count). The predicted molar refractivity (Wildman–Crippen MR) is 76.3 cm³/mol. The van der Waals surface area contributed by atoms with Crippen LogP contribution in [0.25, 0.3) is 5.78 Å². The van der Waals surface area contributed by atoms with Gasteiger partial charge in [0.1, 0.15) is 18.1 Å². The number of aromatic nitrogens is 4. The molecule has 0 aromatic carbocycles. The third kappa shape index (κ3) is 2.71. The van der Waals surface area contributed by atoms with Gasteiger partial charge < -0.3 is 4.74 Å². The van der Waals surface area contributed by atoms with E-state index < -0.39 is 0 Å². The highest BCUT2D eigenvalue weighted by molar-refractivity contribution is 6.30. The van der Waals surface area contributed by atoms with E-state index >= 15 is 0 Å². The predicted octanol–water partition coefficient (Wildman–Crippen LogP) is 1.95. The highest BCUT2D eigenvalue weighted by Gasteiger charge is 2.15. The Hall–Kier alpha value is -1.40. The summed E-state index contributed by atoms with van der Waals surface area (Å²) in [5.41, 5.74) is 0.795. The second-order valence-electron chi connectivity index (χ2n) is 5.06. The molecule has 0 unspecified atom stereocenters. The van der Waals surface area contributed by atoms with Gasteiger partial charge in [-0.2, -0.15) is 19.6 Å². The Kier molecular flexibility index (Phi) is 4.03. The van der Waals surface area contributed by atoms with Crippen LogP contribution in [0, 0.1) is 6.92 Å². The van der Waals surface area contributed by atoms with Crippen molar-refractivity contribution >= 4 is 17.4 Å². The Balaban J connectivity index is 1.70. The quantitative estimate of drug-likeness (QED) is 0.807. The summed E-state index contributed by atoms with van der Waals surface area (Å²) in [6.45, 7) is 5.76. The van der Waals surface area contributed by atoms with E-state index in [0.29, 0.717) is 23.4 Å². The summed E-state index contributed by atoms with van der Waals surface area (Å²) in [6.07, 6.45) is 5.37. The van der Waals surface area contributed by atoms with Crippen LogP contribution in [0.3, 0.4) is 0 Å². The smallest absolute Gasteiger partial charge is 0.256 e. The minimum Gasteiger partial charge on any atom is -0.476 e. The average molecular weight is 296 g/mol. The Labute approximate surface area is 122 Å². The number of piperidine rings is 1. The molecule has 3 heterocycles. The zero-order valence-electron chi connectivity index (χ0n) is 11.5. The van der Waals surface area contributed by atoms with E-state index in [2.05, 4.69) is 20.0 Å². The van der Waals surface area contributed by atoms with Crippen molar-refractivity contribution in [3.8, 4) is 5.88 Å². The van der Waals surface area contributed by atoms with Crippen molar-refractivity contribution in [2.24, 2.45) is 0 Å². The lowest BCUT2D eigenvalue weighted by molar-refractivity contribution is 0.178. The summed E-state index contributed by atoms with van der Waals surface area (Å²) in [6, 6.07) is 0. The van der Waals surface area contributed by atoms with Crippen molar-refractivity contribution in [1.82, 2.24) is 24.5 Å². The van der Waals surface area contributed by atoms with Gasteiger partial charge in [0.15, 0.2) is 0 Å². The summed E-state index contributed by atoms with van der Waals surface area (Å²) in [4.78, 5) is 10.6. The van der Waals surface area contributed by atoms with E-state index in [9.17, 15) is 0 Å². The lowest BCUT2D eigenvalue weighted by atomic mass is 10.1. The fraction of sp³-hybridized carbons (Fsp3) is 0.615. The van der Waals surface area contributed by atoms with E-state index in [4.69, 9.17) is 16.3 Å². The van der Waals surface area contributed by atoms with Gasteiger partial charge in [-0.25, -0.2) is 0 Å². The number of likely N-dealkylation sites (tertiary alicyclic amines) is 1. The van der Waals surface area contributed by atoms with Crippen LogP contribution in [-0.2, 0) is 0 Å². The van der Waals surface area contributed by atoms with Crippen LogP contribution in [0.15, 0.2) is 6.33 Å². The molecule has 1 aliphatic rings. The number of ether oxygens (including phenoxy) is 1. The molecule has 0 spiro atoms. The average Bonchev–Trinajstić information content (AvgIpc) is 2.92. The molecule has 1 fully saturated rings. The molecule has 0 amide bonds. The number of halogens is 1. The summed E-state index contributed by atoms with van der Waals surface area (Å²) in [5.74, 6) is 1.10. The molecule has 0 bridgehead atoms. The maximum Gasteiger partial charge on any atom is 0.256 e. The van der Waals surface area contributed by atoms with Gasteiger partial charge in [0.05, 0.1) is 0 Å². The van der Waals surface area contributed by atoms with Crippen molar-refractivity contribution in [1.29, 1.82) is 0 Å². The first-order chi connectivity index (χ1) is 9.75. The Morgan fingerprint density at radius 3 is 2.90 bits per heavy atom. The van der Waals surface area contributed by atoms with Gasteiger partial charge in [-0.3, -0.25) is 4.90 Å². The van der Waals surface area contributed by atoms with Crippen LogP contribution in [0.4, 0.5) is 0 Å². The highest BCUT2D eigenvalue weighted by atomic mass is 35.5. The number of hydrogen-bond donors (Lipinski definition) is 0. The third-order valence-corrected chi connectivity index (χ3v) is 4.01. The second-order valence-corrected chi connectivity index (χ2v) is 5.41. The SMILES string of the molecule is Cc1c(Cl)nc2ncnn2c1OCCN1CCCCC1. The summed E-state index contributed by atoms with van der Waals surface area (Å²) in [7, 11) is 0. The fourth-order valence-electron chi connectivity index (χ4n) is 2.50. The van der Waals surface area contributed by atoms with Crippen molar-refractivity contribution < 1.29 is 4.74 Å². The van der Waals surface area contributed by atoms with E-state index in [-0.39, 0.29) is 0 Å². The van der Waals surface area contributed by atoms with Crippen LogP contribution in [0.5, 0.6) is 5.88 Å². The largest absolute Gasteiger partial charge is 0.476 e. The van der Waals surface area contributed by atoms with E-state index in [1.165, 1.54) is 25.6 Å². The lowest BCUT2D eigenvalue weighted by Gasteiger charge is -2.26. The van der Waals surface area contributed by atoms with E-state index in [1.807, 2.05) is 6.92 Å². The first-order valence-electron chi connectivity index (χ1n) is 6.96. The first kappa shape index (κ1) is 13.6. The van der Waals surface area contributed by atoms with Gasteiger partial charge in [-0.05, 0) is 32.9 Å². The number of rotatable bonds is 4. The zero-order chi connectivity index (χ0) is 13.9. The van der Waals surface area contributed by atoms with Gasteiger partial charge in [0.25, 0.3) is 5.78 Å². The number of hydrogen-bond acceptors (Lipinski definition) is 5. The molecule has 2 aromatic rings. The molecule has 0 aliphatic carbocycles. The molecule has 0 N–H and O–H groups in total. The molecule has 0 atom stereocenters. The molecule has 1 aliphatic heterocycles. The van der Waals surface area contributed by atoms with Crippen molar-refractivity contribution in [2.75, 3.05) is 26.2 Å². The summed E-state index contributed by atoms with van der Waals surface area (Å²) < 4.78 is 7.48.